The topological polar surface area (TPSA) is 36.9 Å². The van der Waals surface area contributed by atoms with Crippen LogP contribution in [0.25, 0.3) is 23.3 Å². The highest BCUT2D eigenvalue weighted by atomic mass is 16.5. The fourth-order valence-corrected chi connectivity index (χ4v) is 5.69. The zero-order valence-electron chi connectivity index (χ0n) is 22.0. The van der Waals surface area contributed by atoms with Gasteiger partial charge in [-0.25, -0.2) is 0 Å². The Hall–Kier alpha value is -2.24. The fraction of sp³-hybridized carbons (Fsp3) is 0.484. The van der Waals surface area contributed by atoms with Crippen molar-refractivity contribution in [2.45, 2.75) is 32.1 Å². The van der Waals surface area contributed by atoms with Gasteiger partial charge in [0.1, 0.15) is 0 Å². The smallest absolute Gasteiger partial charge is 0.0700 e. The summed E-state index contributed by atoms with van der Waals surface area (Å²) in [6, 6.07) is 13.6. The summed E-state index contributed by atoms with van der Waals surface area (Å²) in [7, 11) is 3.41. The van der Waals surface area contributed by atoms with Crippen LogP contribution >= 0.6 is 0 Å². The molecule has 0 N–H and O–H groups in total. The Morgan fingerprint density at radius 1 is 0.686 bits per heavy atom. The summed E-state index contributed by atoms with van der Waals surface area (Å²) in [6.07, 6.45) is 5.79. The highest BCUT2D eigenvalue weighted by Crippen LogP contribution is 2.58. The molecule has 2 atom stereocenters. The zero-order valence-corrected chi connectivity index (χ0v) is 22.0. The molecule has 0 fully saturated rings. The largest absolute Gasteiger partial charge is 0.382 e. The lowest BCUT2D eigenvalue weighted by Crippen LogP contribution is -2.41. The number of rotatable bonds is 16. The van der Waals surface area contributed by atoms with E-state index >= 15 is 0 Å². The van der Waals surface area contributed by atoms with E-state index in [2.05, 4.69) is 63.4 Å². The van der Waals surface area contributed by atoms with E-state index in [1.807, 2.05) is 12.2 Å². The van der Waals surface area contributed by atoms with E-state index in [0.717, 1.165) is 24.0 Å². The van der Waals surface area contributed by atoms with Crippen LogP contribution in [-0.2, 0) is 24.4 Å². The fourth-order valence-electron chi connectivity index (χ4n) is 5.69. The number of methoxy groups -OCH3 is 2. The molecule has 190 valence electrons. The third-order valence-corrected chi connectivity index (χ3v) is 7.55. The van der Waals surface area contributed by atoms with Crippen LogP contribution in [0.2, 0.25) is 0 Å². The van der Waals surface area contributed by atoms with Crippen LogP contribution in [0.1, 0.15) is 48.9 Å². The SMILES string of the molecule is C=Cc1ccc2c(c1)C(C(C)CCOCCOC)(C(C)CCOCCOC)c1cc(C=C)ccc1-2. The van der Waals surface area contributed by atoms with Crippen LogP contribution < -0.4 is 0 Å². The molecule has 0 saturated heterocycles. The molecule has 2 aromatic rings. The Balaban J connectivity index is 2.06. The average molecular weight is 479 g/mol. The summed E-state index contributed by atoms with van der Waals surface area (Å²) >= 11 is 0. The average Bonchev–Trinajstić information content (AvgIpc) is 3.17. The van der Waals surface area contributed by atoms with Crippen molar-refractivity contribution >= 4 is 12.2 Å². The van der Waals surface area contributed by atoms with Crippen molar-refractivity contribution in [3.63, 3.8) is 0 Å². The molecular formula is C31H42O4. The van der Waals surface area contributed by atoms with Gasteiger partial charge in [-0.15, -0.1) is 0 Å². The lowest BCUT2D eigenvalue weighted by Gasteiger charge is -2.43. The van der Waals surface area contributed by atoms with Gasteiger partial charge in [0.25, 0.3) is 0 Å². The number of benzene rings is 2. The molecule has 4 heteroatoms. The Morgan fingerprint density at radius 2 is 1.11 bits per heavy atom. The molecule has 0 radical (unpaired) electrons. The number of fused-ring (bicyclic) bond motifs is 3. The molecule has 3 rings (SSSR count). The van der Waals surface area contributed by atoms with Crippen LogP contribution in [0.15, 0.2) is 49.6 Å². The van der Waals surface area contributed by atoms with Gasteiger partial charge in [0.05, 0.1) is 26.4 Å². The second kappa shape index (κ2) is 13.2. The van der Waals surface area contributed by atoms with Crippen molar-refractivity contribution in [3.05, 3.63) is 71.8 Å². The summed E-state index contributed by atoms with van der Waals surface area (Å²) in [6.45, 7) is 16.7. The van der Waals surface area contributed by atoms with Crippen molar-refractivity contribution in [1.29, 1.82) is 0 Å². The van der Waals surface area contributed by atoms with E-state index < -0.39 is 0 Å². The van der Waals surface area contributed by atoms with Crippen molar-refractivity contribution in [2.75, 3.05) is 53.9 Å². The van der Waals surface area contributed by atoms with Crippen molar-refractivity contribution in [1.82, 2.24) is 0 Å². The summed E-state index contributed by atoms with van der Waals surface area (Å²) in [5.41, 5.74) is 7.55. The Morgan fingerprint density at radius 3 is 1.49 bits per heavy atom. The Bertz CT molecular complexity index is 900. The maximum Gasteiger partial charge on any atom is 0.0700 e. The molecule has 4 nitrogen and oxygen atoms in total. The van der Waals surface area contributed by atoms with Gasteiger partial charge in [-0.2, -0.15) is 0 Å². The van der Waals surface area contributed by atoms with Gasteiger partial charge >= 0.3 is 0 Å². The minimum atomic E-state index is -0.169. The van der Waals surface area contributed by atoms with Crippen molar-refractivity contribution in [2.24, 2.45) is 11.8 Å². The molecule has 2 aromatic carbocycles. The number of ether oxygens (including phenoxy) is 4. The molecule has 1 aliphatic rings. The Kier molecular flexibility index (Phi) is 10.3. The number of hydrogen-bond donors (Lipinski definition) is 0. The lowest BCUT2D eigenvalue weighted by molar-refractivity contribution is 0.0476. The molecule has 0 heterocycles. The van der Waals surface area contributed by atoms with Crippen LogP contribution in [0, 0.1) is 11.8 Å². The molecule has 2 unspecified atom stereocenters. The van der Waals surface area contributed by atoms with Gasteiger partial charge in [-0.3, -0.25) is 0 Å². The minimum Gasteiger partial charge on any atom is -0.382 e. The molecule has 0 aromatic heterocycles. The maximum absolute atomic E-state index is 5.92. The third kappa shape index (κ3) is 5.78. The first-order chi connectivity index (χ1) is 17.0. The van der Waals surface area contributed by atoms with Gasteiger partial charge in [0.15, 0.2) is 0 Å². The summed E-state index contributed by atoms with van der Waals surface area (Å²) in [4.78, 5) is 0. The Labute approximate surface area is 211 Å². The lowest BCUT2D eigenvalue weighted by atomic mass is 9.60. The minimum absolute atomic E-state index is 0.169. The van der Waals surface area contributed by atoms with E-state index in [1.54, 1.807) is 14.2 Å². The van der Waals surface area contributed by atoms with Crippen molar-refractivity contribution in [3.8, 4) is 11.1 Å². The predicted molar refractivity (Wildman–Crippen MR) is 146 cm³/mol. The first-order valence-electron chi connectivity index (χ1n) is 12.7. The normalized spacial score (nSPS) is 15.3. The van der Waals surface area contributed by atoms with E-state index in [1.165, 1.54) is 22.3 Å². The highest BCUT2D eigenvalue weighted by molar-refractivity contribution is 5.83. The van der Waals surface area contributed by atoms with E-state index in [9.17, 15) is 0 Å². The van der Waals surface area contributed by atoms with E-state index in [-0.39, 0.29) is 5.41 Å². The third-order valence-electron chi connectivity index (χ3n) is 7.55. The van der Waals surface area contributed by atoms with Crippen LogP contribution in [0.5, 0.6) is 0 Å². The van der Waals surface area contributed by atoms with Crippen LogP contribution in [-0.4, -0.2) is 53.9 Å². The first-order valence-corrected chi connectivity index (χ1v) is 12.7. The van der Waals surface area contributed by atoms with E-state index in [0.29, 0.717) is 51.5 Å². The number of hydrogen-bond acceptors (Lipinski definition) is 4. The molecule has 0 saturated carbocycles. The molecule has 35 heavy (non-hydrogen) atoms. The van der Waals surface area contributed by atoms with Crippen LogP contribution in [0.3, 0.4) is 0 Å². The second-order valence-electron chi connectivity index (χ2n) is 9.48. The van der Waals surface area contributed by atoms with Gasteiger partial charge < -0.3 is 18.9 Å². The predicted octanol–water partition coefficient (Wildman–Crippen LogP) is 6.62. The van der Waals surface area contributed by atoms with Gasteiger partial charge in [0, 0.05) is 32.8 Å². The van der Waals surface area contributed by atoms with Gasteiger partial charge in [-0.05, 0) is 58.1 Å². The quantitative estimate of drug-likeness (QED) is 0.254. The first kappa shape index (κ1) is 27.3. The molecule has 0 amide bonds. The standard InChI is InChI=1S/C31H42O4/c1-7-25-9-11-27-28-12-10-26(8-2)22-30(28)31(29(27)21-25,23(3)13-15-34-19-17-32-5)24(4)14-16-35-20-18-33-6/h7-12,21-24H,1-2,13-20H2,3-6H3. The maximum atomic E-state index is 5.92. The zero-order chi connectivity index (χ0) is 25.3. The van der Waals surface area contributed by atoms with Gasteiger partial charge in [-0.1, -0.05) is 75.6 Å². The monoisotopic (exact) mass is 478 g/mol. The molecule has 0 aliphatic heterocycles. The van der Waals surface area contributed by atoms with E-state index in [4.69, 9.17) is 18.9 Å². The van der Waals surface area contributed by atoms with Crippen LogP contribution in [0.4, 0.5) is 0 Å². The molecule has 0 bridgehead atoms. The molecular weight excluding hydrogens is 436 g/mol. The molecule has 0 spiro atoms. The summed E-state index contributed by atoms with van der Waals surface area (Å²) in [5.74, 6) is 0.693. The second-order valence-corrected chi connectivity index (χ2v) is 9.48. The van der Waals surface area contributed by atoms with Crippen molar-refractivity contribution < 1.29 is 18.9 Å². The highest BCUT2D eigenvalue weighted by Gasteiger charge is 2.50. The molecule has 1 aliphatic carbocycles. The summed E-state index contributed by atoms with van der Waals surface area (Å²) in [5, 5.41) is 0. The van der Waals surface area contributed by atoms with Gasteiger partial charge in [0.2, 0.25) is 0 Å². The summed E-state index contributed by atoms with van der Waals surface area (Å²) < 4.78 is 22.2.